The maximum absolute atomic E-state index is 11.9. The zero-order valence-corrected chi connectivity index (χ0v) is 14.8. The molecule has 0 spiro atoms. The van der Waals surface area contributed by atoms with Crippen LogP contribution in [-0.4, -0.2) is 26.7 Å². The van der Waals surface area contributed by atoms with Crippen LogP contribution in [0.25, 0.3) is 6.08 Å². The Morgan fingerprint density at radius 3 is 2.32 bits per heavy atom. The predicted octanol–water partition coefficient (Wildman–Crippen LogP) is 3.86. The van der Waals surface area contributed by atoms with Gasteiger partial charge in [-0.1, -0.05) is 30.3 Å². The molecule has 0 aromatic heterocycles. The van der Waals surface area contributed by atoms with E-state index in [9.17, 15) is 4.79 Å². The molecule has 0 bridgehead atoms. The number of ether oxygens (including phenoxy) is 2. The summed E-state index contributed by atoms with van der Waals surface area (Å²) in [7, 11) is 3.20. The fraction of sp³-hybridized carbons (Fsp3) is 0.286. The lowest BCUT2D eigenvalue weighted by Crippen LogP contribution is -2.22. The van der Waals surface area contributed by atoms with Gasteiger partial charge >= 0.3 is 0 Å². The maximum atomic E-state index is 11.9. The number of methoxy groups -OCH3 is 2. The zero-order valence-electron chi connectivity index (χ0n) is 14.8. The Morgan fingerprint density at radius 2 is 1.68 bits per heavy atom. The highest BCUT2D eigenvalue weighted by molar-refractivity contribution is 5.91. The van der Waals surface area contributed by atoms with Crippen LogP contribution in [0.2, 0.25) is 0 Å². The summed E-state index contributed by atoms with van der Waals surface area (Å²) in [6.07, 6.45) is 6.34. The molecule has 0 unspecified atom stereocenters. The highest BCUT2D eigenvalue weighted by Gasteiger charge is 2.01. The molecule has 0 radical (unpaired) electrons. The second-order valence-electron chi connectivity index (χ2n) is 5.71. The molecule has 0 aliphatic rings. The highest BCUT2D eigenvalue weighted by Crippen LogP contribution is 2.23. The molecule has 0 aliphatic carbocycles. The summed E-state index contributed by atoms with van der Waals surface area (Å²) < 4.78 is 10.4. The van der Waals surface area contributed by atoms with Crippen molar-refractivity contribution in [3.05, 3.63) is 65.7 Å². The van der Waals surface area contributed by atoms with E-state index in [-0.39, 0.29) is 5.91 Å². The number of benzene rings is 2. The van der Waals surface area contributed by atoms with E-state index in [0.717, 1.165) is 24.8 Å². The molecular weight excluding hydrogens is 314 g/mol. The maximum Gasteiger partial charge on any atom is 0.243 e. The number of hydrogen-bond acceptors (Lipinski definition) is 3. The van der Waals surface area contributed by atoms with Crippen molar-refractivity contribution in [2.75, 3.05) is 20.8 Å². The number of rotatable bonds is 9. The first-order chi connectivity index (χ1) is 12.2. The molecule has 0 saturated heterocycles. The SMILES string of the molecule is COc1cc(/C=C/C(=O)NCCCCc2ccccc2)cc(OC)c1. The highest BCUT2D eigenvalue weighted by atomic mass is 16.5. The summed E-state index contributed by atoms with van der Waals surface area (Å²) in [6, 6.07) is 15.9. The number of carbonyl (C=O) groups is 1. The molecule has 4 nitrogen and oxygen atoms in total. The minimum absolute atomic E-state index is 0.0958. The molecule has 2 rings (SSSR count). The first-order valence-corrected chi connectivity index (χ1v) is 8.44. The van der Waals surface area contributed by atoms with Gasteiger partial charge in [0.15, 0.2) is 0 Å². The van der Waals surface area contributed by atoms with Gasteiger partial charge in [-0.15, -0.1) is 0 Å². The van der Waals surface area contributed by atoms with Crippen molar-refractivity contribution in [2.45, 2.75) is 19.3 Å². The lowest BCUT2D eigenvalue weighted by molar-refractivity contribution is -0.116. The fourth-order valence-corrected chi connectivity index (χ4v) is 2.47. The van der Waals surface area contributed by atoms with E-state index in [2.05, 4.69) is 29.6 Å². The quantitative estimate of drug-likeness (QED) is 0.557. The van der Waals surface area contributed by atoms with Gasteiger partial charge in [0.1, 0.15) is 11.5 Å². The van der Waals surface area contributed by atoms with E-state index in [1.54, 1.807) is 26.4 Å². The Morgan fingerprint density at radius 1 is 1.00 bits per heavy atom. The number of aryl methyl sites for hydroxylation is 1. The summed E-state index contributed by atoms with van der Waals surface area (Å²) in [5, 5.41) is 2.91. The normalized spacial score (nSPS) is 10.6. The molecule has 1 amide bonds. The Bertz CT molecular complexity index is 673. The van der Waals surface area contributed by atoms with Crippen molar-refractivity contribution in [3.8, 4) is 11.5 Å². The lowest BCUT2D eigenvalue weighted by atomic mass is 10.1. The molecule has 0 heterocycles. The number of hydrogen-bond donors (Lipinski definition) is 1. The van der Waals surface area contributed by atoms with E-state index in [0.29, 0.717) is 18.0 Å². The molecule has 2 aromatic carbocycles. The largest absolute Gasteiger partial charge is 0.497 e. The smallest absolute Gasteiger partial charge is 0.243 e. The molecule has 0 aliphatic heterocycles. The second kappa shape index (κ2) is 10.2. The number of unbranched alkanes of at least 4 members (excludes halogenated alkanes) is 1. The van der Waals surface area contributed by atoms with Crippen LogP contribution in [0, 0.1) is 0 Å². The van der Waals surface area contributed by atoms with Gasteiger partial charge in [-0.05, 0) is 48.6 Å². The number of nitrogens with one attached hydrogen (secondary N) is 1. The molecule has 0 saturated carbocycles. The van der Waals surface area contributed by atoms with Crippen LogP contribution in [-0.2, 0) is 11.2 Å². The van der Waals surface area contributed by atoms with Crippen LogP contribution in [0.5, 0.6) is 11.5 Å². The average Bonchev–Trinajstić information content (AvgIpc) is 2.66. The van der Waals surface area contributed by atoms with Crippen LogP contribution in [0.4, 0.5) is 0 Å². The summed E-state index contributed by atoms with van der Waals surface area (Å²) in [5.41, 5.74) is 2.19. The average molecular weight is 339 g/mol. The summed E-state index contributed by atoms with van der Waals surface area (Å²) >= 11 is 0. The monoisotopic (exact) mass is 339 g/mol. The lowest BCUT2D eigenvalue weighted by Gasteiger charge is -2.06. The van der Waals surface area contributed by atoms with Gasteiger partial charge in [0.25, 0.3) is 0 Å². The Labute approximate surface area is 149 Å². The van der Waals surface area contributed by atoms with E-state index >= 15 is 0 Å². The third-order valence-corrected chi connectivity index (χ3v) is 3.84. The van der Waals surface area contributed by atoms with Crippen molar-refractivity contribution in [2.24, 2.45) is 0 Å². The third-order valence-electron chi connectivity index (χ3n) is 3.84. The van der Waals surface area contributed by atoms with Crippen LogP contribution in [0.3, 0.4) is 0 Å². The fourth-order valence-electron chi connectivity index (χ4n) is 2.47. The van der Waals surface area contributed by atoms with Crippen LogP contribution in [0.1, 0.15) is 24.0 Å². The van der Waals surface area contributed by atoms with E-state index in [1.807, 2.05) is 18.2 Å². The van der Waals surface area contributed by atoms with Gasteiger partial charge in [0, 0.05) is 18.7 Å². The van der Waals surface area contributed by atoms with Crippen molar-refractivity contribution >= 4 is 12.0 Å². The van der Waals surface area contributed by atoms with E-state index in [1.165, 1.54) is 11.6 Å². The molecule has 25 heavy (non-hydrogen) atoms. The van der Waals surface area contributed by atoms with Crippen LogP contribution >= 0.6 is 0 Å². The van der Waals surface area contributed by atoms with E-state index in [4.69, 9.17) is 9.47 Å². The van der Waals surface area contributed by atoms with E-state index < -0.39 is 0 Å². The van der Waals surface area contributed by atoms with Crippen LogP contribution in [0.15, 0.2) is 54.6 Å². The standard InChI is InChI=1S/C21H25NO3/c1-24-19-14-18(15-20(16-19)25-2)11-12-21(23)22-13-7-6-10-17-8-4-3-5-9-17/h3-5,8-9,11-12,14-16H,6-7,10,13H2,1-2H3,(H,22,23)/b12-11+. The van der Waals surface area contributed by atoms with Gasteiger partial charge in [0.2, 0.25) is 5.91 Å². The summed E-state index contributed by atoms with van der Waals surface area (Å²) in [5.74, 6) is 1.29. The minimum atomic E-state index is -0.0958. The van der Waals surface area contributed by atoms with Crippen molar-refractivity contribution in [1.82, 2.24) is 5.32 Å². The first kappa shape index (κ1) is 18.6. The zero-order chi connectivity index (χ0) is 17.9. The minimum Gasteiger partial charge on any atom is -0.497 e. The topological polar surface area (TPSA) is 47.6 Å². The second-order valence-corrected chi connectivity index (χ2v) is 5.71. The van der Waals surface area contributed by atoms with Crippen LogP contribution < -0.4 is 14.8 Å². The Kier molecular flexibility index (Phi) is 7.57. The van der Waals surface area contributed by atoms with Crippen molar-refractivity contribution in [1.29, 1.82) is 0 Å². The summed E-state index contributed by atoms with van der Waals surface area (Å²) in [4.78, 5) is 11.9. The first-order valence-electron chi connectivity index (χ1n) is 8.44. The molecule has 4 heteroatoms. The predicted molar refractivity (Wildman–Crippen MR) is 101 cm³/mol. The van der Waals surface area contributed by atoms with Gasteiger partial charge in [0.05, 0.1) is 14.2 Å². The molecule has 2 aromatic rings. The van der Waals surface area contributed by atoms with Gasteiger partial charge in [-0.3, -0.25) is 4.79 Å². The molecule has 0 fully saturated rings. The Balaban J connectivity index is 1.73. The molecular formula is C21H25NO3. The molecule has 132 valence electrons. The number of carbonyl (C=O) groups excluding carboxylic acids is 1. The van der Waals surface area contributed by atoms with Crippen molar-refractivity contribution < 1.29 is 14.3 Å². The van der Waals surface area contributed by atoms with Gasteiger partial charge in [-0.25, -0.2) is 0 Å². The van der Waals surface area contributed by atoms with Gasteiger partial charge < -0.3 is 14.8 Å². The third kappa shape index (κ3) is 6.71. The van der Waals surface area contributed by atoms with Crippen molar-refractivity contribution in [3.63, 3.8) is 0 Å². The summed E-state index contributed by atoms with van der Waals surface area (Å²) in [6.45, 7) is 0.678. The molecule has 1 N–H and O–H groups in total. The molecule has 0 atom stereocenters. The Hall–Kier alpha value is -2.75. The van der Waals surface area contributed by atoms with Gasteiger partial charge in [-0.2, -0.15) is 0 Å². The number of amides is 1.